The van der Waals surface area contributed by atoms with Crippen LogP contribution in [0.4, 0.5) is 0 Å². The van der Waals surface area contributed by atoms with Crippen molar-refractivity contribution >= 4 is 23.7 Å². The summed E-state index contributed by atoms with van der Waals surface area (Å²) in [7, 11) is 1.39. The van der Waals surface area contributed by atoms with Gasteiger partial charge in [-0.1, -0.05) is 48.9 Å². The van der Waals surface area contributed by atoms with E-state index >= 15 is 0 Å². The highest BCUT2D eigenvalue weighted by atomic mass is 16.5. The molecule has 1 atom stereocenters. The van der Waals surface area contributed by atoms with E-state index < -0.39 is 29.5 Å². The first-order valence-corrected chi connectivity index (χ1v) is 10.9. The number of benzene rings is 2. The van der Waals surface area contributed by atoms with Gasteiger partial charge in [-0.15, -0.1) is 0 Å². The molecule has 3 N–H and O–H groups in total. The van der Waals surface area contributed by atoms with Gasteiger partial charge in [0.25, 0.3) is 5.91 Å². The highest BCUT2D eigenvalue weighted by molar-refractivity contribution is 6.14. The molecule has 0 bridgehead atoms. The zero-order valence-electron chi connectivity index (χ0n) is 18.8. The van der Waals surface area contributed by atoms with Crippen molar-refractivity contribution in [2.24, 2.45) is 0 Å². The number of phenolic OH excluding ortho intramolecular Hbond substituents is 1. The number of ketones is 1. The monoisotopic (exact) mass is 465 g/mol. The molecule has 8 heteroatoms. The fourth-order valence-electron chi connectivity index (χ4n) is 3.91. The first kappa shape index (κ1) is 24.6. The highest BCUT2D eigenvalue weighted by Crippen LogP contribution is 2.40. The molecule has 1 aliphatic rings. The minimum atomic E-state index is -0.885. The van der Waals surface area contributed by atoms with E-state index in [9.17, 15) is 24.6 Å². The van der Waals surface area contributed by atoms with E-state index in [1.807, 2.05) is 30.3 Å². The Morgan fingerprint density at radius 2 is 1.79 bits per heavy atom. The number of ether oxygens (including phenoxy) is 1. The summed E-state index contributed by atoms with van der Waals surface area (Å²) in [6.07, 6.45) is 4.48. The molecule has 0 unspecified atom stereocenters. The summed E-state index contributed by atoms with van der Waals surface area (Å²) >= 11 is 0. The third-order valence-electron chi connectivity index (χ3n) is 5.61. The number of phenols is 1. The van der Waals surface area contributed by atoms with Crippen molar-refractivity contribution in [1.82, 2.24) is 4.90 Å². The Balaban J connectivity index is 1.91. The average Bonchev–Trinajstić information content (AvgIpc) is 3.08. The molecule has 0 fully saturated rings. The van der Waals surface area contributed by atoms with Gasteiger partial charge in [0, 0.05) is 13.0 Å². The Hall–Kier alpha value is -4.07. The molecule has 1 heterocycles. The number of aliphatic carboxylic acids is 1. The first-order valence-electron chi connectivity index (χ1n) is 10.9. The van der Waals surface area contributed by atoms with Crippen LogP contribution in [0.25, 0.3) is 6.08 Å². The molecule has 0 aliphatic carbocycles. The van der Waals surface area contributed by atoms with Gasteiger partial charge in [-0.05, 0) is 42.2 Å². The predicted octanol–water partition coefficient (Wildman–Crippen LogP) is 4.02. The van der Waals surface area contributed by atoms with Crippen LogP contribution in [0.3, 0.4) is 0 Å². The SMILES string of the molecule is COc1cc([C@@H]2C(C(=O)/C=C/c3ccccc3)=C(O)C(=O)N2CCCCCC(=O)O)ccc1O. The van der Waals surface area contributed by atoms with Gasteiger partial charge in [-0.2, -0.15) is 0 Å². The maximum absolute atomic E-state index is 13.1. The lowest BCUT2D eigenvalue weighted by Gasteiger charge is -2.27. The van der Waals surface area contributed by atoms with Crippen LogP contribution in [-0.4, -0.2) is 51.5 Å². The standard InChI is InChI=1S/C26H27NO7/c1-34-21-16-18(12-14-19(21)28)24-23(20(29)13-11-17-8-4-2-5-9-17)25(32)26(33)27(24)15-7-3-6-10-22(30)31/h2,4-5,8-9,11-14,16,24,28,32H,3,6-7,10,15H2,1H3,(H,30,31)/b13-11+/t24-/m1/s1. The fourth-order valence-corrected chi connectivity index (χ4v) is 3.91. The second kappa shape index (κ2) is 11.2. The third-order valence-corrected chi connectivity index (χ3v) is 5.61. The number of carbonyl (C=O) groups is 3. The van der Waals surface area contributed by atoms with E-state index in [4.69, 9.17) is 9.84 Å². The predicted molar refractivity (Wildman–Crippen MR) is 125 cm³/mol. The van der Waals surface area contributed by atoms with Gasteiger partial charge >= 0.3 is 5.97 Å². The quantitative estimate of drug-likeness (QED) is 0.338. The molecule has 178 valence electrons. The average molecular weight is 466 g/mol. The molecule has 0 saturated heterocycles. The minimum absolute atomic E-state index is 0.0318. The van der Waals surface area contributed by atoms with Crippen molar-refractivity contribution in [2.45, 2.75) is 31.7 Å². The third kappa shape index (κ3) is 5.64. The van der Waals surface area contributed by atoms with Gasteiger partial charge in [0.15, 0.2) is 23.0 Å². The zero-order valence-corrected chi connectivity index (χ0v) is 18.8. The highest BCUT2D eigenvalue weighted by Gasteiger charge is 2.42. The lowest BCUT2D eigenvalue weighted by Crippen LogP contribution is -2.32. The molecule has 3 rings (SSSR count). The lowest BCUT2D eigenvalue weighted by molar-refractivity contribution is -0.137. The molecule has 0 aromatic heterocycles. The van der Waals surface area contributed by atoms with Crippen molar-refractivity contribution in [2.75, 3.05) is 13.7 Å². The molecular weight excluding hydrogens is 438 g/mol. The Bertz CT molecular complexity index is 1120. The molecule has 1 aliphatic heterocycles. The number of nitrogens with zero attached hydrogens (tertiary/aromatic N) is 1. The zero-order chi connectivity index (χ0) is 24.7. The summed E-state index contributed by atoms with van der Waals surface area (Å²) in [5.41, 5.74) is 1.22. The maximum Gasteiger partial charge on any atom is 0.303 e. The normalized spacial score (nSPS) is 15.9. The smallest absolute Gasteiger partial charge is 0.303 e. The number of unbranched alkanes of at least 4 members (excludes halogenated alkanes) is 2. The summed E-state index contributed by atoms with van der Waals surface area (Å²) in [6, 6.07) is 12.8. The number of carboxylic acids is 1. The van der Waals surface area contributed by atoms with Gasteiger partial charge in [0.2, 0.25) is 0 Å². The van der Waals surface area contributed by atoms with E-state index in [0.717, 1.165) is 5.56 Å². The van der Waals surface area contributed by atoms with Crippen molar-refractivity contribution in [3.63, 3.8) is 0 Å². The molecule has 8 nitrogen and oxygen atoms in total. The molecule has 34 heavy (non-hydrogen) atoms. The number of hydrogen-bond acceptors (Lipinski definition) is 6. The number of aromatic hydroxyl groups is 1. The van der Waals surface area contributed by atoms with Gasteiger partial charge in [-0.3, -0.25) is 14.4 Å². The van der Waals surface area contributed by atoms with E-state index in [1.165, 1.54) is 30.2 Å². The van der Waals surface area contributed by atoms with Crippen LogP contribution in [0.5, 0.6) is 11.5 Å². The second-order valence-corrected chi connectivity index (χ2v) is 7.91. The molecule has 1 amide bonds. The summed E-state index contributed by atoms with van der Waals surface area (Å²) in [5, 5.41) is 29.5. The van der Waals surface area contributed by atoms with E-state index in [2.05, 4.69) is 0 Å². The number of hydrogen-bond donors (Lipinski definition) is 3. The Morgan fingerprint density at radius 3 is 2.47 bits per heavy atom. The molecule has 0 saturated carbocycles. The minimum Gasteiger partial charge on any atom is -0.504 e. The van der Waals surface area contributed by atoms with Gasteiger partial charge in [0.05, 0.1) is 18.7 Å². The maximum atomic E-state index is 13.1. The summed E-state index contributed by atoms with van der Waals surface area (Å²) in [6.45, 7) is 0.218. The van der Waals surface area contributed by atoms with Gasteiger partial charge < -0.3 is 25.0 Å². The fraction of sp³-hybridized carbons (Fsp3) is 0.269. The molecular formula is C26H27NO7. The number of rotatable bonds is 11. The number of allylic oxidation sites excluding steroid dienone is 1. The van der Waals surface area contributed by atoms with Crippen LogP contribution in [0.15, 0.2) is 65.9 Å². The second-order valence-electron chi connectivity index (χ2n) is 7.91. The van der Waals surface area contributed by atoms with Crippen molar-refractivity contribution in [3.8, 4) is 11.5 Å². The summed E-state index contributed by atoms with van der Waals surface area (Å²) < 4.78 is 5.18. The van der Waals surface area contributed by atoms with Crippen molar-refractivity contribution in [1.29, 1.82) is 0 Å². The molecule has 2 aromatic rings. The number of methoxy groups -OCH3 is 1. The Kier molecular flexibility index (Phi) is 8.08. The molecule has 2 aromatic carbocycles. The molecule has 0 spiro atoms. The van der Waals surface area contributed by atoms with Gasteiger partial charge in [0.1, 0.15) is 0 Å². The van der Waals surface area contributed by atoms with Crippen LogP contribution in [0.2, 0.25) is 0 Å². The number of carbonyl (C=O) groups excluding carboxylic acids is 2. The molecule has 0 radical (unpaired) electrons. The number of aliphatic hydroxyl groups is 1. The lowest BCUT2D eigenvalue weighted by atomic mass is 9.95. The largest absolute Gasteiger partial charge is 0.504 e. The van der Waals surface area contributed by atoms with E-state index in [0.29, 0.717) is 24.8 Å². The van der Waals surface area contributed by atoms with Crippen molar-refractivity contribution < 1.29 is 34.4 Å². The number of aliphatic hydroxyl groups excluding tert-OH is 1. The number of amides is 1. The van der Waals surface area contributed by atoms with Crippen molar-refractivity contribution in [3.05, 3.63) is 77.1 Å². The van der Waals surface area contributed by atoms with Crippen LogP contribution < -0.4 is 4.74 Å². The van der Waals surface area contributed by atoms with Crippen LogP contribution in [-0.2, 0) is 14.4 Å². The van der Waals surface area contributed by atoms with Crippen LogP contribution in [0.1, 0.15) is 42.9 Å². The number of carboxylic acid groups (broad SMARTS) is 1. The van der Waals surface area contributed by atoms with Gasteiger partial charge in [-0.25, -0.2) is 0 Å². The first-order chi connectivity index (χ1) is 16.3. The van der Waals surface area contributed by atoms with Crippen LogP contribution in [0, 0.1) is 0 Å². The van der Waals surface area contributed by atoms with E-state index in [1.54, 1.807) is 12.1 Å². The Morgan fingerprint density at radius 1 is 1.06 bits per heavy atom. The Labute approximate surface area is 197 Å². The summed E-state index contributed by atoms with van der Waals surface area (Å²) in [4.78, 5) is 38.2. The van der Waals surface area contributed by atoms with Crippen LogP contribution >= 0.6 is 0 Å². The summed E-state index contributed by atoms with van der Waals surface area (Å²) in [5.74, 6) is -2.62. The van der Waals surface area contributed by atoms with E-state index in [-0.39, 0.29) is 30.0 Å². The topological polar surface area (TPSA) is 124 Å².